The quantitative estimate of drug-likeness (QED) is 0.556. The van der Waals surface area contributed by atoms with E-state index in [-0.39, 0.29) is 11.8 Å². The summed E-state index contributed by atoms with van der Waals surface area (Å²) in [6, 6.07) is 17.3. The molecule has 0 fully saturated rings. The zero-order valence-corrected chi connectivity index (χ0v) is 16.1. The van der Waals surface area contributed by atoms with Crippen LogP contribution in [0.5, 0.6) is 0 Å². The lowest BCUT2D eigenvalue weighted by molar-refractivity contribution is 0.201. The molecule has 2 aromatic carbocycles. The molecule has 140 valence electrons. The number of halogens is 1. The zero-order chi connectivity index (χ0) is 19.2. The first kappa shape index (κ1) is 19.0. The lowest BCUT2D eigenvalue weighted by atomic mass is 10.2. The molecule has 0 saturated carbocycles. The maximum atomic E-state index is 13.2. The van der Waals surface area contributed by atoms with E-state index >= 15 is 0 Å². The van der Waals surface area contributed by atoms with Crippen LogP contribution in [0.3, 0.4) is 0 Å². The van der Waals surface area contributed by atoms with Gasteiger partial charge in [0.15, 0.2) is 0 Å². The van der Waals surface area contributed by atoms with Gasteiger partial charge in [-0.15, -0.1) is 11.8 Å². The van der Waals surface area contributed by atoms with Crippen molar-refractivity contribution in [3.8, 4) is 0 Å². The second kappa shape index (κ2) is 8.77. The van der Waals surface area contributed by atoms with E-state index in [1.165, 1.54) is 12.1 Å². The number of rotatable bonds is 6. The molecule has 0 saturated heterocycles. The van der Waals surface area contributed by atoms with E-state index in [9.17, 15) is 9.18 Å². The molecule has 0 aliphatic carbocycles. The third-order valence-corrected chi connectivity index (χ3v) is 4.80. The average molecular weight is 384 g/mol. The van der Waals surface area contributed by atoms with Gasteiger partial charge in [-0.3, -0.25) is 0 Å². The summed E-state index contributed by atoms with van der Waals surface area (Å²) in [6.45, 7) is 2.52. The predicted octanol–water partition coefficient (Wildman–Crippen LogP) is 5.68. The van der Waals surface area contributed by atoms with Crippen LogP contribution in [0.25, 0.3) is 0 Å². The minimum absolute atomic E-state index is 0.245. The second-order valence-electron chi connectivity index (χ2n) is 6.15. The molecule has 0 aliphatic heterocycles. The van der Waals surface area contributed by atoms with E-state index in [0.717, 1.165) is 21.9 Å². The Balaban J connectivity index is 1.76. The molecule has 3 rings (SSSR count). The van der Waals surface area contributed by atoms with E-state index in [0.29, 0.717) is 18.8 Å². The van der Waals surface area contributed by atoms with Crippen molar-refractivity contribution in [2.24, 2.45) is 0 Å². The highest BCUT2D eigenvalue weighted by Gasteiger charge is 2.17. The van der Waals surface area contributed by atoms with E-state index in [1.54, 1.807) is 28.8 Å². The lowest BCUT2D eigenvalue weighted by Crippen LogP contribution is -2.34. The highest BCUT2D eigenvalue weighted by atomic mass is 32.2. The van der Waals surface area contributed by atoms with Gasteiger partial charge in [-0.2, -0.15) is 0 Å². The van der Waals surface area contributed by atoms with Crippen molar-refractivity contribution in [1.82, 2.24) is 4.90 Å². The van der Waals surface area contributed by atoms with Crippen molar-refractivity contribution in [1.29, 1.82) is 0 Å². The number of thioether (sulfide) groups is 1. The second-order valence-corrected chi connectivity index (χ2v) is 7.03. The maximum absolute atomic E-state index is 13.2. The normalized spacial score (nSPS) is 10.6. The molecular weight excluding hydrogens is 363 g/mol. The topological polar surface area (TPSA) is 45.5 Å². The number of furan rings is 1. The summed E-state index contributed by atoms with van der Waals surface area (Å²) in [7, 11) is 0. The monoisotopic (exact) mass is 384 g/mol. The predicted molar refractivity (Wildman–Crippen MR) is 106 cm³/mol. The van der Waals surface area contributed by atoms with Gasteiger partial charge in [0.25, 0.3) is 0 Å². The number of carbonyl (C=O) groups is 1. The summed E-state index contributed by atoms with van der Waals surface area (Å²) in [5, 5.41) is 2.91. The number of nitrogens with one attached hydrogen (secondary N) is 1. The van der Waals surface area contributed by atoms with Gasteiger partial charge >= 0.3 is 6.03 Å². The van der Waals surface area contributed by atoms with Gasteiger partial charge < -0.3 is 14.6 Å². The van der Waals surface area contributed by atoms with E-state index in [1.807, 2.05) is 49.6 Å². The first-order valence-electron chi connectivity index (χ1n) is 8.53. The van der Waals surface area contributed by atoms with Crippen LogP contribution in [0.2, 0.25) is 0 Å². The Hall–Kier alpha value is -2.73. The van der Waals surface area contributed by atoms with E-state index in [4.69, 9.17) is 4.42 Å². The minimum atomic E-state index is -0.301. The SMILES string of the molecule is CSc1ccc(NC(=O)N(Cc2ccc(F)cc2)Cc2ccc(C)o2)cc1. The van der Waals surface area contributed by atoms with Crippen molar-refractivity contribution in [3.63, 3.8) is 0 Å². The van der Waals surface area contributed by atoms with Gasteiger partial charge in [0.1, 0.15) is 17.3 Å². The molecule has 0 bridgehead atoms. The molecule has 2 amide bonds. The summed E-state index contributed by atoms with van der Waals surface area (Å²) in [5.41, 5.74) is 1.56. The van der Waals surface area contributed by atoms with Gasteiger partial charge in [0.05, 0.1) is 6.54 Å². The molecule has 4 nitrogen and oxygen atoms in total. The number of urea groups is 1. The summed E-state index contributed by atoms with van der Waals surface area (Å²) in [6.07, 6.45) is 2.00. The van der Waals surface area contributed by atoms with Gasteiger partial charge in [-0.1, -0.05) is 12.1 Å². The van der Waals surface area contributed by atoms with Crippen LogP contribution < -0.4 is 5.32 Å². The fourth-order valence-corrected chi connectivity index (χ4v) is 3.05. The number of anilines is 1. The molecule has 1 heterocycles. The van der Waals surface area contributed by atoms with Crippen LogP contribution in [0.15, 0.2) is 70.0 Å². The highest BCUT2D eigenvalue weighted by molar-refractivity contribution is 7.98. The number of aryl methyl sites for hydroxylation is 1. The standard InChI is InChI=1S/C21H21FN2O2S/c1-15-3-10-19(26-15)14-24(13-16-4-6-17(22)7-5-16)21(25)23-18-8-11-20(27-2)12-9-18/h3-12H,13-14H2,1-2H3,(H,23,25). The van der Waals surface area contributed by atoms with Crippen LogP contribution >= 0.6 is 11.8 Å². The molecule has 1 N–H and O–H groups in total. The van der Waals surface area contributed by atoms with Crippen LogP contribution in [0.4, 0.5) is 14.9 Å². The average Bonchev–Trinajstić information content (AvgIpc) is 3.08. The van der Waals surface area contributed by atoms with Crippen molar-refractivity contribution in [3.05, 3.63) is 83.6 Å². The maximum Gasteiger partial charge on any atom is 0.322 e. The van der Waals surface area contributed by atoms with Crippen LogP contribution in [-0.4, -0.2) is 17.2 Å². The molecule has 1 aromatic heterocycles. The first-order chi connectivity index (χ1) is 13.0. The summed E-state index contributed by atoms with van der Waals surface area (Å²) < 4.78 is 18.8. The summed E-state index contributed by atoms with van der Waals surface area (Å²) >= 11 is 1.64. The van der Waals surface area contributed by atoms with Gasteiger partial charge in [-0.25, -0.2) is 9.18 Å². The summed E-state index contributed by atoms with van der Waals surface area (Å²) in [5.74, 6) is 1.19. The highest BCUT2D eigenvalue weighted by Crippen LogP contribution is 2.19. The van der Waals surface area contributed by atoms with Crippen molar-refractivity contribution >= 4 is 23.5 Å². The van der Waals surface area contributed by atoms with Gasteiger partial charge in [-0.05, 0) is 67.3 Å². The van der Waals surface area contributed by atoms with Crippen molar-refractivity contribution in [2.45, 2.75) is 24.9 Å². The molecule has 3 aromatic rings. The Morgan fingerprint density at radius 3 is 2.33 bits per heavy atom. The van der Waals surface area contributed by atoms with Crippen LogP contribution in [0, 0.1) is 12.7 Å². The molecular formula is C21H21FN2O2S. The Morgan fingerprint density at radius 2 is 1.74 bits per heavy atom. The number of benzene rings is 2. The summed E-state index contributed by atoms with van der Waals surface area (Å²) in [4.78, 5) is 15.6. The first-order valence-corrected chi connectivity index (χ1v) is 9.76. The number of hydrogen-bond donors (Lipinski definition) is 1. The van der Waals surface area contributed by atoms with Crippen LogP contribution in [0.1, 0.15) is 17.1 Å². The lowest BCUT2D eigenvalue weighted by Gasteiger charge is -2.22. The largest absolute Gasteiger partial charge is 0.464 e. The molecule has 0 radical (unpaired) electrons. The molecule has 0 aliphatic rings. The fourth-order valence-electron chi connectivity index (χ4n) is 2.64. The Bertz CT molecular complexity index is 891. The molecule has 0 spiro atoms. The third-order valence-electron chi connectivity index (χ3n) is 4.06. The number of carbonyl (C=O) groups excluding carboxylic acids is 1. The number of hydrogen-bond acceptors (Lipinski definition) is 3. The number of nitrogens with zero attached hydrogens (tertiary/aromatic N) is 1. The molecule has 0 unspecified atom stereocenters. The minimum Gasteiger partial charge on any atom is -0.464 e. The van der Waals surface area contributed by atoms with E-state index in [2.05, 4.69) is 5.32 Å². The smallest absolute Gasteiger partial charge is 0.322 e. The molecule has 27 heavy (non-hydrogen) atoms. The van der Waals surface area contributed by atoms with Crippen molar-refractivity contribution < 1.29 is 13.6 Å². The fraction of sp³-hybridized carbons (Fsp3) is 0.190. The molecule has 6 heteroatoms. The van der Waals surface area contributed by atoms with Gasteiger partial charge in [0, 0.05) is 17.1 Å². The zero-order valence-electron chi connectivity index (χ0n) is 15.2. The van der Waals surface area contributed by atoms with Gasteiger partial charge in [0.2, 0.25) is 0 Å². The molecule has 0 atom stereocenters. The van der Waals surface area contributed by atoms with Crippen molar-refractivity contribution in [2.75, 3.05) is 11.6 Å². The van der Waals surface area contributed by atoms with Crippen LogP contribution in [-0.2, 0) is 13.1 Å². The Morgan fingerprint density at radius 1 is 1.04 bits per heavy atom. The Kier molecular flexibility index (Phi) is 6.19. The van der Waals surface area contributed by atoms with E-state index < -0.39 is 0 Å². The number of amides is 2. The third kappa shape index (κ3) is 5.37. The Labute approximate surface area is 162 Å².